The summed E-state index contributed by atoms with van der Waals surface area (Å²) in [6, 6.07) is 34.1. The summed E-state index contributed by atoms with van der Waals surface area (Å²) in [5.41, 5.74) is 4.65. The van der Waals surface area contributed by atoms with Gasteiger partial charge in [0.2, 0.25) is 0 Å². The maximum Gasteiger partial charge on any atom is -0.147 e. The molecule has 0 aromatic heterocycles. The Bertz CT molecular complexity index is 967. The fraction of sp³-hybridized carbons (Fsp3) is 0.185. The van der Waals surface area contributed by atoms with Crippen LogP contribution in [-0.2, 0) is 18.4 Å². The normalized spacial score (nSPS) is 15.4. The minimum atomic E-state index is -2.09. The van der Waals surface area contributed by atoms with Gasteiger partial charge in [-0.3, -0.25) is 0 Å². The fourth-order valence-corrected chi connectivity index (χ4v) is 17.7. The van der Waals surface area contributed by atoms with Crippen molar-refractivity contribution in [1.82, 2.24) is 0 Å². The molecular formula is C27H31Cl3SiTi. The van der Waals surface area contributed by atoms with Crippen LogP contribution in [-0.4, -0.2) is 5.94 Å². The van der Waals surface area contributed by atoms with Gasteiger partial charge in [0.1, 0.15) is 0 Å². The third-order valence-electron chi connectivity index (χ3n) is 6.58. The molecule has 0 spiro atoms. The molecule has 0 radical (unpaired) electrons. The molecule has 0 heterocycles. The van der Waals surface area contributed by atoms with Crippen LogP contribution < -0.4 is 15.6 Å². The van der Waals surface area contributed by atoms with E-state index >= 15 is 0 Å². The average molecular weight is 538 g/mol. The number of hydrogen-bond donors (Lipinski definition) is 0. The van der Waals surface area contributed by atoms with Crippen molar-refractivity contribution in [2.45, 2.75) is 27.7 Å². The Kier molecular flexibility index (Phi) is 11.2. The van der Waals surface area contributed by atoms with E-state index in [2.05, 4.69) is 119 Å². The van der Waals surface area contributed by atoms with Gasteiger partial charge in [0.15, 0.2) is 0 Å². The van der Waals surface area contributed by atoms with E-state index < -0.39 is 24.3 Å². The molecule has 1 aliphatic rings. The summed E-state index contributed by atoms with van der Waals surface area (Å²) in [6.07, 6.45) is 0. The first-order valence-corrected chi connectivity index (χ1v) is 15.5. The second kappa shape index (κ2) is 12.4. The molecule has 32 heavy (non-hydrogen) atoms. The number of benzene rings is 3. The summed E-state index contributed by atoms with van der Waals surface area (Å²) in [6.45, 7) is 9.44. The Labute approximate surface area is 221 Å². The van der Waals surface area contributed by atoms with Gasteiger partial charge >= 0.3 is 185 Å². The molecule has 1 atom stereocenters. The summed E-state index contributed by atoms with van der Waals surface area (Å²) in [4.78, 5) is 0. The first-order valence-electron chi connectivity index (χ1n) is 10.4. The fourth-order valence-electron chi connectivity index (χ4n) is 4.55. The van der Waals surface area contributed by atoms with Crippen LogP contribution in [0.5, 0.6) is 0 Å². The predicted octanol–water partition coefficient (Wildman–Crippen LogP) is 6.26. The van der Waals surface area contributed by atoms with Gasteiger partial charge < -0.3 is 0 Å². The Hall–Kier alpha value is -1.06. The molecule has 0 fully saturated rings. The van der Waals surface area contributed by atoms with Gasteiger partial charge in [0.05, 0.1) is 0 Å². The summed E-state index contributed by atoms with van der Waals surface area (Å²) in [5.74, 6) is -1.51. The van der Waals surface area contributed by atoms with E-state index in [0.717, 1.165) is 0 Å². The maximum absolute atomic E-state index is 2.42. The van der Waals surface area contributed by atoms with Crippen LogP contribution in [0, 0.1) is 5.92 Å². The maximum atomic E-state index is 2.42. The molecule has 3 aromatic carbocycles. The molecule has 5 heteroatoms. The summed E-state index contributed by atoms with van der Waals surface area (Å²) >= 11 is -0.410. The van der Waals surface area contributed by atoms with Gasteiger partial charge in [-0.15, -0.1) is 37.2 Å². The van der Waals surface area contributed by atoms with Gasteiger partial charge in [0, 0.05) is 0 Å². The van der Waals surface area contributed by atoms with Gasteiger partial charge in [-0.2, -0.15) is 0 Å². The Morgan fingerprint density at radius 3 is 1.19 bits per heavy atom. The topological polar surface area (TPSA) is 0 Å². The molecule has 0 N–H and O–H groups in total. The van der Waals surface area contributed by atoms with Crippen molar-refractivity contribution < 1.29 is 18.4 Å². The molecule has 0 aliphatic heterocycles. The van der Waals surface area contributed by atoms with E-state index in [1.54, 1.807) is 30.6 Å². The molecule has 168 valence electrons. The molecule has 0 saturated carbocycles. The van der Waals surface area contributed by atoms with E-state index in [1.165, 1.54) is 5.57 Å². The SMILES string of the molecule is CC1=C(C)C(C)[C]([Ti][Si](c2ccccc2)(c2ccccc2)c2ccccc2)=C1C.Cl.Cl.Cl. The largest absolute Gasteiger partial charge is 0.147 e. The van der Waals surface area contributed by atoms with E-state index in [9.17, 15) is 0 Å². The van der Waals surface area contributed by atoms with Gasteiger partial charge in [-0.1, -0.05) is 0 Å². The number of rotatable bonds is 5. The first-order chi connectivity index (χ1) is 14.1. The zero-order valence-electron chi connectivity index (χ0n) is 19.0. The van der Waals surface area contributed by atoms with Crippen molar-refractivity contribution >= 4 is 58.7 Å². The Morgan fingerprint density at radius 2 is 0.906 bits per heavy atom. The third kappa shape index (κ3) is 5.20. The van der Waals surface area contributed by atoms with Crippen LogP contribution in [0.1, 0.15) is 27.7 Å². The molecule has 0 bridgehead atoms. The first kappa shape index (κ1) is 29.0. The summed E-state index contributed by atoms with van der Waals surface area (Å²) in [5, 5.41) is 4.64. The van der Waals surface area contributed by atoms with Gasteiger partial charge in [0.25, 0.3) is 0 Å². The molecule has 0 nitrogen and oxygen atoms in total. The van der Waals surface area contributed by atoms with Crippen LogP contribution in [0.25, 0.3) is 0 Å². The van der Waals surface area contributed by atoms with Crippen LogP contribution in [0.3, 0.4) is 0 Å². The van der Waals surface area contributed by atoms with Crippen molar-refractivity contribution in [3.05, 3.63) is 112 Å². The smallest absolute Gasteiger partial charge is 0.147 e. The van der Waals surface area contributed by atoms with Crippen molar-refractivity contribution in [2.75, 3.05) is 0 Å². The zero-order chi connectivity index (χ0) is 20.4. The molecule has 1 unspecified atom stereocenters. The van der Waals surface area contributed by atoms with Gasteiger partial charge in [-0.05, 0) is 0 Å². The van der Waals surface area contributed by atoms with Crippen LogP contribution in [0.2, 0.25) is 0 Å². The molecule has 4 rings (SSSR count). The zero-order valence-corrected chi connectivity index (χ0v) is 24.0. The van der Waals surface area contributed by atoms with Crippen LogP contribution in [0.4, 0.5) is 0 Å². The van der Waals surface area contributed by atoms with Crippen molar-refractivity contribution in [3.63, 3.8) is 0 Å². The van der Waals surface area contributed by atoms with Crippen molar-refractivity contribution in [3.8, 4) is 0 Å². The molecule has 1 aliphatic carbocycles. The Balaban J connectivity index is 0.00000171. The minimum Gasteiger partial charge on any atom is -0.147 e. The second-order valence-electron chi connectivity index (χ2n) is 8.04. The van der Waals surface area contributed by atoms with E-state index in [-0.39, 0.29) is 37.2 Å². The van der Waals surface area contributed by atoms with Crippen molar-refractivity contribution in [1.29, 1.82) is 0 Å². The predicted molar refractivity (Wildman–Crippen MR) is 146 cm³/mol. The van der Waals surface area contributed by atoms with Crippen LogP contribution >= 0.6 is 37.2 Å². The number of allylic oxidation sites excluding steroid dienone is 4. The molecule has 0 amide bonds. The quantitative estimate of drug-likeness (QED) is 0.266. The second-order valence-corrected chi connectivity index (χ2v) is 17.0. The monoisotopic (exact) mass is 536 g/mol. The average Bonchev–Trinajstić information content (AvgIpc) is 2.96. The van der Waals surface area contributed by atoms with E-state index in [1.807, 2.05) is 0 Å². The molecule has 0 saturated heterocycles. The molecule has 3 aromatic rings. The third-order valence-corrected chi connectivity index (χ3v) is 19.2. The number of hydrogen-bond acceptors (Lipinski definition) is 0. The van der Waals surface area contributed by atoms with E-state index in [4.69, 9.17) is 0 Å². The minimum absolute atomic E-state index is 0. The summed E-state index contributed by atoms with van der Waals surface area (Å²) in [7, 11) is 0. The van der Waals surface area contributed by atoms with Crippen LogP contribution in [0.15, 0.2) is 112 Å². The Morgan fingerprint density at radius 1 is 0.562 bits per heavy atom. The standard InChI is InChI=1S/C18H15Si.C9H13.3ClH.Ti/c1-4-10-16(11-5-1)19(17-12-6-2-7-13-17)18-14-8-3-9-15-18;1-6-5-7(2)9(4)8(6)3;;;;/h1-15H;6H,1-4H3;3*1H;. The summed E-state index contributed by atoms with van der Waals surface area (Å²) < 4.78 is 1.75. The van der Waals surface area contributed by atoms with Crippen molar-refractivity contribution in [2.24, 2.45) is 5.92 Å². The number of halogens is 3. The molecular weight excluding hydrogens is 507 g/mol. The van der Waals surface area contributed by atoms with Gasteiger partial charge in [-0.25, -0.2) is 0 Å². The van der Waals surface area contributed by atoms with E-state index in [0.29, 0.717) is 5.92 Å².